The van der Waals surface area contributed by atoms with Gasteiger partial charge in [-0.05, 0) is 13.0 Å². The van der Waals surface area contributed by atoms with Crippen LogP contribution in [0, 0.1) is 5.82 Å². The van der Waals surface area contributed by atoms with Crippen molar-refractivity contribution in [1.82, 2.24) is 9.61 Å². The van der Waals surface area contributed by atoms with Crippen molar-refractivity contribution in [3.63, 3.8) is 0 Å². The van der Waals surface area contributed by atoms with E-state index in [-0.39, 0.29) is 12.1 Å². The standard InChI is InChI=1S/C9H14BFN2O4S/c1-3-16-10(17-13-18(14,15)12-2)8-6-4-5-7-9(8)11/h4-7,12-13H,3H2,1-2H3. The van der Waals surface area contributed by atoms with Crippen molar-refractivity contribution in [2.45, 2.75) is 6.92 Å². The van der Waals surface area contributed by atoms with Gasteiger partial charge in [-0.15, -0.1) is 0 Å². The smallest absolute Gasteiger partial charge is 0.407 e. The molecule has 0 fully saturated rings. The van der Waals surface area contributed by atoms with Gasteiger partial charge in [0.05, 0.1) is 0 Å². The maximum absolute atomic E-state index is 13.5. The lowest BCUT2D eigenvalue weighted by molar-refractivity contribution is 0.185. The van der Waals surface area contributed by atoms with Gasteiger partial charge >= 0.3 is 7.12 Å². The van der Waals surface area contributed by atoms with Crippen LogP contribution < -0.4 is 15.1 Å². The van der Waals surface area contributed by atoms with Crippen LogP contribution in [0.1, 0.15) is 6.92 Å². The molecule has 18 heavy (non-hydrogen) atoms. The van der Waals surface area contributed by atoms with E-state index in [1.165, 1.54) is 25.2 Å². The average Bonchev–Trinajstić information content (AvgIpc) is 2.35. The van der Waals surface area contributed by atoms with Crippen LogP contribution in [-0.2, 0) is 19.6 Å². The zero-order valence-corrected chi connectivity index (χ0v) is 10.8. The Bertz CT molecular complexity index is 485. The largest absolute Gasteiger partial charge is 0.515 e. The molecule has 0 saturated carbocycles. The summed E-state index contributed by atoms with van der Waals surface area (Å²) in [4.78, 5) is 1.79. The first-order valence-electron chi connectivity index (χ1n) is 5.22. The predicted octanol–water partition coefficient (Wildman–Crippen LogP) is -0.457. The predicted molar refractivity (Wildman–Crippen MR) is 65.6 cm³/mol. The van der Waals surface area contributed by atoms with Crippen molar-refractivity contribution < 1.29 is 22.2 Å². The van der Waals surface area contributed by atoms with E-state index >= 15 is 0 Å². The van der Waals surface area contributed by atoms with Crippen molar-refractivity contribution in [1.29, 1.82) is 0 Å². The molecule has 2 N–H and O–H groups in total. The Labute approximate surface area is 106 Å². The number of rotatable bonds is 7. The van der Waals surface area contributed by atoms with E-state index in [0.29, 0.717) is 0 Å². The zero-order valence-electron chi connectivity index (χ0n) is 10.0. The summed E-state index contributed by atoms with van der Waals surface area (Å²) in [6.07, 6.45) is 0. The number of halogens is 1. The lowest BCUT2D eigenvalue weighted by Crippen LogP contribution is -2.46. The van der Waals surface area contributed by atoms with Crippen LogP contribution in [-0.4, -0.2) is 29.2 Å². The molecule has 0 amide bonds. The molecular weight excluding hydrogens is 262 g/mol. The van der Waals surface area contributed by atoms with E-state index in [1.807, 2.05) is 4.72 Å². The summed E-state index contributed by atoms with van der Waals surface area (Å²) in [7, 11) is -3.72. The number of hydrogen-bond donors (Lipinski definition) is 2. The fourth-order valence-electron chi connectivity index (χ4n) is 1.15. The second-order valence-corrected chi connectivity index (χ2v) is 4.80. The van der Waals surface area contributed by atoms with Crippen LogP contribution >= 0.6 is 0 Å². The molecule has 0 atom stereocenters. The monoisotopic (exact) mass is 276 g/mol. The summed E-state index contributed by atoms with van der Waals surface area (Å²) < 4.78 is 47.7. The van der Waals surface area contributed by atoms with E-state index in [1.54, 1.807) is 17.9 Å². The molecule has 9 heteroatoms. The van der Waals surface area contributed by atoms with Crippen LogP contribution in [0.25, 0.3) is 0 Å². The molecule has 0 radical (unpaired) electrons. The molecule has 0 aliphatic carbocycles. The van der Waals surface area contributed by atoms with Gasteiger partial charge in [0.25, 0.3) is 10.2 Å². The van der Waals surface area contributed by atoms with E-state index in [9.17, 15) is 12.8 Å². The van der Waals surface area contributed by atoms with Gasteiger partial charge in [0.1, 0.15) is 5.82 Å². The third kappa shape index (κ3) is 4.35. The maximum atomic E-state index is 13.5. The van der Waals surface area contributed by atoms with E-state index in [2.05, 4.69) is 0 Å². The molecule has 0 aromatic heterocycles. The normalized spacial score (nSPS) is 11.5. The molecule has 0 heterocycles. The fourth-order valence-corrected chi connectivity index (χ4v) is 1.45. The Hall–Kier alpha value is -0.995. The third-order valence-corrected chi connectivity index (χ3v) is 2.86. The van der Waals surface area contributed by atoms with Crippen molar-refractivity contribution in [3.05, 3.63) is 30.1 Å². The summed E-state index contributed by atoms with van der Waals surface area (Å²) >= 11 is 0. The first-order chi connectivity index (χ1) is 8.50. The van der Waals surface area contributed by atoms with Gasteiger partial charge in [-0.25, -0.2) is 9.11 Å². The molecule has 0 spiro atoms. The number of benzene rings is 1. The molecule has 6 nitrogen and oxygen atoms in total. The van der Waals surface area contributed by atoms with E-state index in [0.717, 1.165) is 0 Å². The summed E-state index contributed by atoms with van der Waals surface area (Å²) in [5, 5.41) is 0. The molecule has 1 aromatic rings. The van der Waals surface area contributed by atoms with Gasteiger partial charge in [-0.3, -0.25) is 0 Å². The number of hydrogen-bond acceptors (Lipinski definition) is 4. The minimum absolute atomic E-state index is 0.109. The fraction of sp³-hybridized carbons (Fsp3) is 0.333. The van der Waals surface area contributed by atoms with E-state index in [4.69, 9.17) is 9.41 Å². The summed E-state index contributed by atoms with van der Waals surface area (Å²) in [6.45, 7) is 1.92. The first kappa shape index (κ1) is 15.1. The lowest BCUT2D eigenvalue weighted by atomic mass is 9.79. The first-order valence-corrected chi connectivity index (χ1v) is 6.70. The molecule has 0 bridgehead atoms. The second kappa shape index (κ2) is 6.81. The van der Waals surface area contributed by atoms with Crippen LogP contribution in [0.2, 0.25) is 0 Å². The van der Waals surface area contributed by atoms with Crippen molar-refractivity contribution in [2.75, 3.05) is 13.7 Å². The van der Waals surface area contributed by atoms with Gasteiger partial charge in [0, 0.05) is 19.1 Å². The average molecular weight is 276 g/mol. The Kier molecular flexibility index (Phi) is 5.70. The second-order valence-electron chi connectivity index (χ2n) is 3.22. The molecule has 100 valence electrons. The van der Waals surface area contributed by atoms with Crippen molar-refractivity contribution in [2.24, 2.45) is 0 Å². The SMILES string of the molecule is CCOB(ONS(=O)(=O)NC)c1ccccc1F. The Balaban J connectivity index is 2.81. The highest BCUT2D eigenvalue weighted by Gasteiger charge is 2.26. The minimum atomic E-state index is -3.78. The molecule has 0 saturated heterocycles. The number of nitrogens with one attached hydrogen (secondary N) is 2. The topological polar surface area (TPSA) is 76.7 Å². The quantitative estimate of drug-likeness (QED) is 0.522. The van der Waals surface area contributed by atoms with Crippen LogP contribution in [0.5, 0.6) is 0 Å². The highest BCUT2D eigenvalue weighted by atomic mass is 32.2. The summed E-state index contributed by atoms with van der Waals surface area (Å²) in [6, 6.07) is 5.79. The third-order valence-electron chi connectivity index (χ3n) is 2.01. The van der Waals surface area contributed by atoms with Gasteiger partial charge in [-0.1, -0.05) is 23.1 Å². The Morgan fingerprint density at radius 3 is 2.61 bits per heavy atom. The van der Waals surface area contributed by atoms with Gasteiger partial charge in [-0.2, -0.15) is 8.42 Å². The molecule has 1 aromatic carbocycles. The minimum Gasteiger partial charge on any atom is -0.407 e. The molecule has 1 rings (SSSR count). The van der Waals surface area contributed by atoms with Gasteiger partial charge < -0.3 is 9.41 Å². The lowest BCUT2D eigenvalue weighted by Gasteiger charge is -2.14. The molecule has 0 aliphatic rings. The summed E-state index contributed by atoms with van der Waals surface area (Å²) in [5.41, 5.74) is 0.109. The van der Waals surface area contributed by atoms with Crippen molar-refractivity contribution in [3.8, 4) is 0 Å². The highest BCUT2D eigenvalue weighted by molar-refractivity contribution is 7.87. The maximum Gasteiger partial charge on any atom is 0.515 e. The van der Waals surface area contributed by atoms with E-state index < -0.39 is 23.1 Å². The van der Waals surface area contributed by atoms with Gasteiger partial charge in [0.15, 0.2) is 0 Å². The summed E-state index contributed by atoms with van der Waals surface area (Å²) in [5.74, 6) is -0.542. The highest BCUT2D eigenvalue weighted by Crippen LogP contribution is 1.98. The Morgan fingerprint density at radius 1 is 1.39 bits per heavy atom. The molecule has 0 unspecified atom stereocenters. The van der Waals surface area contributed by atoms with Crippen LogP contribution in [0.4, 0.5) is 4.39 Å². The molecular formula is C9H14BFN2O4S. The van der Waals surface area contributed by atoms with Crippen LogP contribution in [0.3, 0.4) is 0 Å². The van der Waals surface area contributed by atoms with Crippen molar-refractivity contribution >= 4 is 22.8 Å². The van der Waals surface area contributed by atoms with Crippen LogP contribution in [0.15, 0.2) is 24.3 Å². The molecule has 0 aliphatic heterocycles. The van der Waals surface area contributed by atoms with Gasteiger partial charge in [0.2, 0.25) is 0 Å². The zero-order chi connectivity index (χ0) is 13.6. The Morgan fingerprint density at radius 2 is 2.06 bits per heavy atom.